The average Bonchev–Trinajstić information content (AvgIpc) is 3.27. The number of carbonyl (C=O) groups is 2. The molecule has 0 radical (unpaired) electrons. The molecule has 0 bridgehead atoms. The van der Waals surface area contributed by atoms with Crippen molar-refractivity contribution >= 4 is 11.8 Å². The number of carbonyl (C=O) groups excluding carboxylic acids is 2. The zero-order chi connectivity index (χ0) is 18.1. The van der Waals surface area contributed by atoms with Crippen LogP contribution in [0.4, 0.5) is 0 Å². The summed E-state index contributed by atoms with van der Waals surface area (Å²) in [6, 6.07) is -0.180. The first-order valence-electron chi connectivity index (χ1n) is 8.29. The number of nitrogens with zero attached hydrogens (tertiary/aromatic N) is 7. The predicted molar refractivity (Wildman–Crippen MR) is 87.8 cm³/mol. The van der Waals surface area contributed by atoms with Crippen molar-refractivity contribution in [3.8, 4) is 5.95 Å². The Labute approximate surface area is 145 Å². The molecule has 1 aliphatic rings. The lowest BCUT2D eigenvalue weighted by molar-refractivity contribution is -0.140. The van der Waals surface area contributed by atoms with Gasteiger partial charge in [0, 0.05) is 31.1 Å². The predicted octanol–water partition coefficient (Wildman–Crippen LogP) is 0.103. The smallest absolute Gasteiger partial charge is 0.291 e. The number of rotatable bonds is 3. The average molecular weight is 346 g/mol. The molecule has 0 aliphatic carbocycles. The summed E-state index contributed by atoms with van der Waals surface area (Å²) >= 11 is 0. The van der Waals surface area contributed by atoms with Gasteiger partial charge in [0.2, 0.25) is 11.7 Å². The highest BCUT2D eigenvalue weighted by atomic mass is 16.2. The fraction of sp³-hybridized carbons (Fsp3) is 0.600. The van der Waals surface area contributed by atoms with E-state index >= 15 is 0 Å². The summed E-state index contributed by atoms with van der Waals surface area (Å²) in [6.45, 7) is 8.66. The van der Waals surface area contributed by atoms with Gasteiger partial charge in [-0.2, -0.15) is 4.98 Å². The van der Waals surface area contributed by atoms with Crippen LogP contribution in [0.3, 0.4) is 0 Å². The summed E-state index contributed by atoms with van der Waals surface area (Å²) in [5.41, 5.74) is 0. The molecular weight excluding hydrogens is 324 g/mol. The molecule has 1 saturated heterocycles. The Balaban J connectivity index is 1.74. The van der Waals surface area contributed by atoms with E-state index in [1.807, 2.05) is 32.6 Å². The Hall–Kier alpha value is -2.78. The van der Waals surface area contributed by atoms with Crippen LogP contribution in [0, 0.1) is 5.92 Å². The maximum atomic E-state index is 12.8. The number of nitrogens with one attached hydrogen (secondary N) is 1. The number of hydrogen-bond donors (Lipinski definition) is 1. The van der Waals surface area contributed by atoms with Gasteiger partial charge in [-0.3, -0.25) is 19.3 Å². The second kappa shape index (κ2) is 6.61. The summed E-state index contributed by atoms with van der Waals surface area (Å²) in [6.07, 6.45) is 2.91. The first kappa shape index (κ1) is 17.1. The molecule has 25 heavy (non-hydrogen) atoms. The molecule has 1 aliphatic heterocycles. The summed E-state index contributed by atoms with van der Waals surface area (Å²) in [7, 11) is 0. The highest BCUT2D eigenvalue weighted by Gasteiger charge is 2.37. The Morgan fingerprint density at radius 3 is 2.36 bits per heavy atom. The first-order chi connectivity index (χ1) is 11.9. The molecule has 3 heterocycles. The molecule has 0 unspecified atom stereocenters. The van der Waals surface area contributed by atoms with Crippen LogP contribution in [-0.4, -0.2) is 76.7 Å². The molecule has 10 nitrogen and oxygen atoms in total. The zero-order valence-electron chi connectivity index (χ0n) is 14.7. The van der Waals surface area contributed by atoms with Gasteiger partial charge >= 0.3 is 0 Å². The van der Waals surface area contributed by atoms with Crippen molar-refractivity contribution in [2.75, 3.05) is 13.1 Å². The molecular formula is C15H22N8O2. The highest BCUT2D eigenvalue weighted by molar-refractivity contribution is 5.91. The molecule has 10 heteroatoms. The lowest BCUT2D eigenvalue weighted by atomic mass is 10.0. The van der Waals surface area contributed by atoms with Crippen molar-refractivity contribution in [1.82, 2.24) is 39.7 Å². The number of hydrogen-bond acceptors (Lipinski definition) is 6. The number of aromatic nitrogens is 6. The fourth-order valence-electron chi connectivity index (χ4n) is 2.98. The van der Waals surface area contributed by atoms with E-state index in [4.69, 9.17) is 0 Å². The van der Waals surface area contributed by atoms with Crippen LogP contribution < -0.4 is 0 Å². The third-order valence-corrected chi connectivity index (χ3v) is 4.63. The van der Waals surface area contributed by atoms with E-state index in [1.165, 1.54) is 17.2 Å². The van der Waals surface area contributed by atoms with Crippen LogP contribution in [0.2, 0.25) is 0 Å². The zero-order valence-corrected chi connectivity index (χ0v) is 14.7. The van der Waals surface area contributed by atoms with Crippen LogP contribution >= 0.6 is 0 Å². The summed E-state index contributed by atoms with van der Waals surface area (Å²) in [5, 5.41) is 14.1. The topological polar surface area (TPSA) is 113 Å². The van der Waals surface area contributed by atoms with Crippen LogP contribution in [0.15, 0.2) is 12.7 Å². The molecule has 0 spiro atoms. The number of aromatic amines is 1. The van der Waals surface area contributed by atoms with Gasteiger partial charge in [0.1, 0.15) is 12.7 Å². The van der Waals surface area contributed by atoms with E-state index in [-0.39, 0.29) is 35.6 Å². The maximum Gasteiger partial charge on any atom is 0.291 e. The van der Waals surface area contributed by atoms with Gasteiger partial charge in [0.25, 0.3) is 11.9 Å². The molecule has 134 valence electrons. The molecule has 3 rings (SSSR count). The summed E-state index contributed by atoms with van der Waals surface area (Å²) in [5.74, 6) is 0.287. The van der Waals surface area contributed by atoms with Gasteiger partial charge in [-0.25, -0.2) is 0 Å². The van der Waals surface area contributed by atoms with Gasteiger partial charge in [0.05, 0.1) is 0 Å². The number of piperazine rings is 1. The van der Waals surface area contributed by atoms with Crippen molar-refractivity contribution in [3.63, 3.8) is 0 Å². The molecule has 1 N–H and O–H groups in total. The Morgan fingerprint density at radius 1 is 1.12 bits per heavy atom. The van der Waals surface area contributed by atoms with Crippen molar-refractivity contribution in [2.24, 2.45) is 5.92 Å². The standard InChI is InChI=1S/C15H22N8O2/c1-9(2)13(24)22-5-6-23(11(4)10(22)3)14(25)12-18-15(20-19-12)21-7-16-17-8-21/h7-11H,5-6H2,1-4H3,(H,18,19,20)/t10-,11+/m1/s1. The normalized spacial score (nSPS) is 21.0. The maximum absolute atomic E-state index is 12.8. The van der Waals surface area contributed by atoms with Crippen LogP contribution in [-0.2, 0) is 4.79 Å². The van der Waals surface area contributed by atoms with Crippen molar-refractivity contribution in [3.05, 3.63) is 18.5 Å². The van der Waals surface area contributed by atoms with Crippen molar-refractivity contribution < 1.29 is 9.59 Å². The fourth-order valence-corrected chi connectivity index (χ4v) is 2.98. The van der Waals surface area contributed by atoms with Gasteiger partial charge in [-0.15, -0.1) is 15.3 Å². The lowest BCUT2D eigenvalue weighted by Gasteiger charge is -2.45. The molecule has 0 aromatic carbocycles. The molecule has 2 atom stereocenters. The molecule has 1 fully saturated rings. The second-order valence-corrected chi connectivity index (χ2v) is 6.52. The van der Waals surface area contributed by atoms with Crippen molar-refractivity contribution in [2.45, 2.75) is 39.8 Å². The Kier molecular flexibility index (Phi) is 4.51. The summed E-state index contributed by atoms with van der Waals surface area (Å²) in [4.78, 5) is 32.9. The van der Waals surface area contributed by atoms with Gasteiger partial charge in [-0.1, -0.05) is 13.8 Å². The third kappa shape index (κ3) is 3.11. The molecule has 2 aromatic rings. The van der Waals surface area contributed by atoms with Gasteiger partial charge < -0.3 is 9.80 Å². The van der Waals surface area contributed by atoms with E-state index in [2.05, 4.69) is 25.4 Å². The lowest BCUT2D eigenvalue weighted by Crippen LogP contribution is -2.61. The number of amides is 2. The van der Waals surface area contributed by atoms with E-state index in [0.29, 0.717) is 19.0 Å². The second-order valence-electron chi connectivity index (χ2n) is 6.52. The largest absolute Gasteiger partial charge is 0.336 e. The highest BCUT2D eigenvalue weighted by Crippen LogP contribution is 2.20. The quantitative estimate of drug-likeness (QED) is 0.843. The monoisotopic (exact) mass is 346 g/mol. The van der Waals surface area contributed by atoms with Gasteiger partial charge in [0.15, 0.2) is 0 Å². The van der Waals surface area contributed by atoms with E-state index < -0.39 is 0 Å². The minimum Gasteiger partial charge on any atom is -0.336 e. The van der Waals surface area contributed by atoms with Crippen LogP contribution in [0.1, 0.15) is 38.3 Å². The minimum absolute atomic E-state index is 0.0578. The SMILES string of the molecule is CC(C)C(=O)N1CCN(C(=O)c2nc(-n3cnnc3)n[nH]2)[C@@H](C)[C@H]1C. The molecule has 0 saturated carbocycles. The Bertz CT molecular complexity index is 753. The van der Waals surface area contributed by atoms with Crippen LogP contribution in [0.25, 0.3) is 5.95 Å². The van der Waals surface area contributed by atoms with Gasteiger partial charge in [-0.05, 0) is 13.8 Å². The third-order valence-electron chi connectivity index (χ3n) is 4.63. The summed E-state index contributed by atoms with van der Waals surface area (Å²) < 4.78 is 1.51. The van der Waals surface area contributed by atoms with Crippen molar-refractivity contribution in [1.29, 1.82) is 0 Å². The van der Waals surface area contributed by atoms with Crippen LogP contribution in [0.5, 0.6) is 0 Å². The number of H-pyrrole nitrogens is 1. The first-order valence-corrected chi connectivity index (χ1v) is 8.29. The van der Waals surface area contributed by atoms with E-state index in [0.717, 1.165) is 0 Å². The Morgan fingerprint density at radius 2 is 1.72 bits per heavy atom. The minimum atomic E-state index is -0.233. The molecule has 2 amide bonds. The van der Waals surface area contributed by atoms with E-state index in [1.54, 1.807) is 4.90 Å². The molecule has 2 aromatic heterocycles. The van der Waals surface area contributed by atoms with E-state index in [9.17, 15) is 9.59 Å².